The van der Waals surface area contributed by atoms with Crippen LogP contribution in [0.3, 0.4) is 0 Å². The van der Waals surface area contributed by atoms with Crippen LogP contribution in [0.5, 0.6) is 0 Å². The topological polar surface area (TPSA) is 95.9 Å². The molecule has 0 amide bonds. The zero-order chi connectivity index (χ0) is 18.4. The molecule has 140 valence electrons. The second-order valence-electron chi connectivity index (χ2n) is 8.04. The summed E-state index contributed by atoms with van der Waals surface area (Å²) in [5.41, 5.74) is -0.932. The van der Waals surface area contributed by atoms with Gasteiger partial charge >= 0.3 is 11.9 Å². The minimum Gasteiger partial charge on any atom is -0.632 e. The van der Waals surface area contributed by atoms with Gasteiger partial charge in [0.2, 0.25) is 0 Å². The number of quaternary nitrogens is 1. The molecule has 0 aromatic rings. The molecule has 6 atom stereocenters. The Balaban J connectivity index is 1.90. The molecule has 3 aliphatic rings. The van der Waals surface area contributed by atoms with E-state index in [9.17, 15) is 19.9 Å². The van der Waals surface area contributed by atoms with E-state index in [1.54, 1.807) is 13.8 Å². The Kier molecular flexibility index (Phi) is 4.68. The quantitative estimate of drug-likeness (QED) is 0.400. The molecule has 3 heterocycles. The van der Waals surface area contributed by atoms with E-state index in [0.29, 0.717) is 37.9 Å². The van der Waals surface area contributed by atoms with Gasteiger partial charge in [0.15, 0.2) is 11.7 Å². The fourth-order valence-electron chi connectivity index (χ4n) is 4.44. The van der Waals surface area contributed by atoms with Crippen molar-refractivity contribution in [1.82, 2.24) is 0 Å². The predicted molar refractivity (Wildman–Crippen MR) is 88.9 cm³/mol. The Morgan fingerprint density at radius 1 is 1.32 bits per heavy atom. The number of cyclic esters (lactones) is 1. The second kappa shape index (κ2) is 6.37. The van der Waals surface area contributed by atoms with Crippen molar-refractivity contribution >= 4 is 11.9 Å². The Morgan fingerprint density at radius 3 is 2.72 bits per heavy atom. The monoisotopic (exact) mass is 353 g/mol. The lowest BCUT2D eigenvalue weighted by Gasteiger charge is -2.40. The van der Waals surface area contributed by atoms with Gasteiger partial charge in [-0.25, -0.2) is 9.59 Å². The Hall–Kier alpha value is -1.44. The number of carbonyl (C=O) groups excluding carboxylic acids is 2. The number of hydrogen-bond donors (Lipinski definition) is 1. The number of nitrogens with zero attached hydrogens (tertiary/aromatic N) is 1. The molecule has 0 saturated carbocycles. The van der Waals surface area contributed by atoms with Crippen LogP contribution in [0.25, 0.3) is 0 Å². The van der Waals surface area contributed by atoms with E-state index in [1.165, 1.54) is 13.0 Å². The first-order chi connectivity index (χ1) is 11.6. The molecule has 0 aromatic heterocycles. The highest BCUT2D eigenvalue weighted by Gasteiger charge is 2.54. The molecule has 0 aliphatic carbocycles. The molecule has 1 N–H and O–H groups in total. The Bertz CT molecular complexity index is 600. The largest absolute Gasteiger partial charge is 0.632 e. The second-order valence-corrected chi connectivity index (χ2v) is 8.04. The third-order valence-corrected chi connectivity index (χ3v) is 6.14. The lowest BCUT2D eigenvalue weighted by atomic mass is 9.85. The number of ether oxygens (including phenoxy) is 2. The normalized spacial score (nSPS) is 45.4. The van der Waals surface area contributed by atoms with Gasteiger partial charge in [-0.15, -0.1) is 0 Å². The average Bonchev–Trinajstić information content (AvgIpc) is 3.00. The summed E-state index contributed by atoms with van der Waals surface area (Å²) in [7, 11) is 0. The first kappa shape index (κ1) is 18.4. The van der Waals surface area contributed by atoms with Crippen molar-refractivity contribution in [3.05, 3.63) is 16.9 Å². The number of hydrogen-bond acceptors (Lipinski definition) is 6. The van der Waals surface area contributed by atoms with Gasteiger partial charge in [-0.1, -0.05) is 12.5 Å². The van der Waals surface area contributed by atoms with Crippen molar-refractivity contribution in [2.45, 2.75) is 57.8 Å². The molecule has 2 saturated heterocycles. The van der Waals surface area contributed by atoms with Gasteiger partial charge in [0.1, 0.15) is 12.6 Å². The summed E-state index contributed by atoms with van der Waals surface area (Å²) in [6, 6.07) is -0.395. The van der Waals surface area contributed by atoms with Crippen LogP contribution in [-0.2, 0) is 19.1 Å². The van der Waals surface area contributed by atoms with Crippen LogP contribution in [0, 0.1) is 17.0 Å². The zero-order valence-electron chi connectivity index (χ0n) is 15.1. The summed E-state index contributed by atoms with van der Waals surface area (Å²) in [5.74, 6) is -1.70. The third kappa shape index (κ3) is 3.32. The zero-order valence-corrected chi connectivity index (χ0v) is 15.1. The molecule has 25 heavy (non-hydrogen) atoms. The van der Waals surface area contributed by atoms with Gasteiger partial charge in [-0.2, -0.15) is 0 Å². The molecule has 3 rings (SSSR count). The summed E-state index contributed by atoms with van der Waals surface area (Å²) < 4.78 is 10.6. The van der Waals surface area contributed by atoms with E-state index in [4.69, 9.17) is 9.47 Å². The lowest BCUT2D eigenvalue weighted by molar-refractivity contribution is -0.882. The molecule has 0 aromatic carbocycles. The molecule has 7 heteroatoms. The van der Waals surface area contributed by atoms with Gasteiger partial charge in [0.25, 0.3) is 0 Å². The van der Waals surface area contributed by atoms with Crippen LogP contribution in [0.1, 0.15) is 40.0 Å². The van der Waals surface area contributed by atoms with E-state index in [0.717, 1.165) is 0 Å². The van der Waals surface area contributed by atoms with E-state index in [1.807, 2.05) is 0 Å². The standard InChI is InChI=1S/C18H27NO6/c1-11-8-12(2)18(3,22)17(21)24-10-13-4-6-19(23)7-5-14(16(13)19)25-15(20)9-11/h9,12-14,16,22H,4-8,10H2,1-3H3. The Labute approximate surface area is 147 Å². The minimum absolute atomic E-state index is 0.0784. The van der Waals surface area contributed by atoms with Crippen molar-refractivity contribution in [1.29, 1.82) is 0 Å². The minimum atomic E-state index is -1.65. The SMILES string of the molecule is CC1=CC(=O)OC2CC[N+]3([O-])CCC(COC(=O)C(C)(O)C(C)C1)C23. The summed E-state index contributed by atoms with van der Waals surface area (Å²) in [6.45, 7) is 5.89. The number of aliphatic hydroxyl groups is 1. The molecule has 0 spiro atoms. The van der Waals surface area contributed by atoms with Gasteiger partial charge < -0.3 is 24.4 Å². The number of carbonyl (C=O) groups is 2. The maximum Gasteiger partial charge on any atom is 0.338 e. The van der Waals surface area contributed by atoms with Gasteiger partial charge in [-0.3, -0.25) is 0 Å². The fraction of sp³-hybridized carbons (Fsp3) is 0.778. The number of allylic oxidation sites excluding steroid dienone is 1. The lowest BCUT2D eigenvalue weighted by Crippen LogP contribution is -2.49. The van der Waals surface area contributed by atoms with Crippen molar-refractivity contribution in [3.8, 4) is 0 Å². The van der Waals surface area contributed by atoms with E-state index in [2.05, 4.69) is 0 Å². The van der Waals surface area contributed by atoms with E-state index >= 15 is 0 Å². The van der Waals surface area contributed by atoms with Crippen LogP contribution in [0.15, 0.2) is 11.6 Å². The van der Waals surface area contributed by atoms with Crippen molar-refractivity contribution < 1.29 is 28.8 Å². The highest BCUT2D eigenvalue weighted by atomic mass is 16.6. The number of hydroxylamine groups is 3. The number of esters is 2. The first-order valence-electron chi connectivity index (χ1n) is 8.98. The Morgan fingerprint density at radius 2 is 2.00 bits per heavy atom. The highest BCUT2D eigenvalue weighted by molar-refractivity contribution is 5.83. The molecule has 6 unspecified atom stereocenters. The fourth-order valence-corrected chi connectivity index (χ4v) is 4.44. The smallest absolute Gasteiger partial charge is 0.338 e. The molecular weight excluding hydrogens is 326 g/mol. The molecule has 3 aliphatic heterocycles. The van der Waals surface area contributed by atoms with Crippen molar-refractivity contribution in [3.63, 3.8) is 0 Å². The summed E-state index contributed by atoms with van der Waals surface area (Å²) in [4.78, 5) is 24.6. The van der Waals surface area contributed by atoms with Gasteiger partial charge in [0, 0.05) is 18.9 Å². The highest BCUT2D eigenvalue weighted by Crippen LogP contribution is 2.41. The molecular formula is C18H27NO6. The van der Waals surface area contributed by atoms with Crippen molar-refractivity contribution in [2.24, 2.45) is 11.8 Å². The van der Waals surface area contributed by atoms with Crippen LogP contribution < -0.4 is 0 Å². The maximum atomic E-state index is 12.9. The van der Waals surface area contributed by atoms with Gasteiger partial charge in [-0.05, 0) is 26.2 Å². The van der Waals surface area contributed by atoms with Gasteiger partial charge in [0.05, 0.1) is 19.0 Å². The molecule has 0 radical (unpaired) electrons. The van der Waals surface area contributed by atoms with Crippen LogP contribution in [0.2, 0.25) is 0 Å². The summed E-state index contributed by atoms with van der Waals surface area (Å²) in [5, 5.41) is 23.5. The predicted octanol–water partition coefficient (Wildman–Crippen LogP) is 1.29. The molecule has 0 bridgehead atoms. The third-order valence-electron chi connectivity index (χ3n) is 6.14. The van der Waals surface area contributed by atoms with E-state index < -0.39 is 35.6 Å². The number of rotatable bonds is 0. The maximum absolute atomic E-state index is 12.9. The molecule has 2 fully saturated rings. The summed E-state index contributed by atoms with van der Waals surface area (Å²) in [6.07, 6.45) is 2.49. The van der Waals surface area contributed by atoms with Crippen LogP contribution in [-0.4, -0.2) is 59.1 Å². The first-order valence-corrected chi connectivity index (χ1v) is 8.98. The summed E-state index contributed by atoms with van der Waals surface area (Å²) >= 11 is 0. The van der Waals surface area contributed by atoms with Crippen molar-refractivity contribution in [2.75, 3.05) is 19.7 Å². The molecule has 7 nitrogen and oxygen atoms in total. The van der Waals surface area contributed by atoms with E-state index in [-0.39, 0.29) is 17.2 Å². The van der Waals surface area contributed by atoms with Crippen LogP contribution >= 0.6 is 0 Å². The van der Waals surface area contributed by atoms with Crippen LogP contribution in [0.4, 0.5) is 0 Å². The average molecular weight is 353 g/mol.